The Hall–Kier alpha value is -0.580. The third-order valence-corrected chi connectivity index (χ3v) is 0.354. The van der Waals surface area contributed by atoms with Crippen LogP contribution in [0.25, 0.3) is 0 Å². The van der Waals surface area contributed by atoms with Crippen LogP contribution in [0.2, 0.25) is 0 Å². The lowest BCUT2D eigenvalue weighted by molar-refractivity contribution is 1.15. The Bertz CT molecular complexity index is 26.4. The van der Waals surface area contributed by atoms with Crippen molar-refractivity contribution in [3.05, 3.63) is 0 Å². The summed E-state index contributed by atoms with van der Waals surface area (Å²) in [7, 11) is 0. The van der Waals surface area contributed by atoms with E-state index in [1.54, 1.807) is 0 Å². The second-order valence-electron chi connectivity index (χ2n) is 1.06. The molecule has 0 aromatic heterocycles. The Labute approximate surface area is 31.2 Å². The molecule has 0 saturated heterocycles. The lowest BCUT2D eigenvalue weighted by atomic mass is 11.0. The highest BCUT2D eigenvalue weighted by Gasteiger charge is 1.95. The molecule has 0 bridgehead atoms. The van der Waals surface area contributed by atoms with Crippen LogP contribution in [0.15, 0.2) is 0 Å². The van der Waals surface area contributed by atoms with Crippen LogP contribution in [0.5, 0.6) is 0 Å². The first-order valence-electron chi connectivity index (χ1n) is 1.70. The van der Waals surface area contributed by atoms with Gasteiger partial charge in [0.15, 0.2) is 0 Å². The third kappa shape index (κ3) is 39.1. The van der Waals surface area contributed by atoms with Gasteiger partial charge in [0.25, 0.3) is 0 Å². The summed E-state index contributed by atoms with van der Waals surface area (Å²) in [4.78, 5) is 0. The van der Waals surface area contributed by atoms with Gasteiger partial charge in [0.05, 0.1) is 0 Å². The second kappa shape index (κ2) is 3.42. The van der Waals surface area contributed by atoms with Crippen molar-refractivity contribution in [2.75, 3.05) is 0 Å². The Morgan fingerprint density at radius 2 is 1.00 bits per heavy atom. The Balaban J connectivity index is 0.0000000733. The zero-order valence-corrected chi connectivity index (χ0v) is 3.02. The van der Waals surface area contributed by atoms with E-state index in [0.717, 1.165) is 0 Å². The third-order valence-electron chi connectivity index (χ3n) is 0.354. The molecule has 0 N–H and O–H groups in total. The van der Waals surface area contributed by atoms with Gasteiger partial charge in [0.1, 0.15) is 0 Å². The van der Waals surface area contributed by atoms with E-state index in [9.17, 15) is 0 Å². The molecule has 0 unspecified atom stereocenters. The second-order valence-corrected chi connectivity index (χ2v) is 1.06. The predicted molar refractivity (Wildman–Crippen MR) is 17.3 cm³/mol. The van der Waals surface area contributed by atoms with Gasteiger partial charge in [0.2, 0.25) is 0 Å². The molecule has 0 amide bonds. The minimum atomic E-state index is 1.50. The molecule has 0 heterocycles. The van der Waals surface area contributed by atoms with Gasteiger partial charge in [-0.2, -0.15) is 0 Å². The number of hydrogen-bond acceptors (Lipinski definition) is 2. The van der Waals surface area contributed by atoms with E-state index in [1.165, 1.54) is 19.3 Å². The molecule has 0 radical (unpaired) electrons. The quantitative estimate of drug-likeness (QED) is 0.402. The van der Waals surface area contributed by atoms with Crippen LogP contribution < -0.4 is 0 Å². The molecular weight excluding hydrogens is 64.0 g/mol. The molecule has 1 saturated carbocycles. The minimum Gasteiger partial charge on any atom is -0.0533 e. The highest BCUT2D eigenvalue weighted by Crippen LogP contribution is 2.14. The van der Waals surface area contributed by atoms with Gasteiger partial charge < -0.3 is 0 Å². The van der Waals surface area contributed by atoms with Crippen LogP contribution in [0.1, 0.15) is 19.3 Å². The topological polar surface area (TPSA) is 47.6 Å². The fourth-order valence-electron chi connectivity index (χ4n) is 0. The highest BCUT2D eigenvalue weighted by atomic mass is 14.6. The maximum absolute atomic E-state index is 6.00. The lowest BCUT2D eigenvalue weighted by Gasteiger charge is -1.05. The highest BCUT2D eigenvalue weighted by molar-refractivity contribution is 4.50. The van der Waals surface area contributed by atoms with Crippen LogP contribution in [0, 0.1) is 10.8 Å². The summed E-state index contributed by atoms with van der Waals surface area (Å²) >= 11 is 0. The smallest absolute Gasteiger partial charge is 0 e. The molecule has 5 heavy (non-hydrogen) atoms. The fraction of sp³-hybridized carbons (Fsp3) is 1.00. The largest absolute Gasteiger partial charge is 0.0533 e. The Morgan fingerprint density at radius 3 is 1.00 bits per heavy atom. The average Bonchev–Trinajstić information content (AvgIpc) is 2.19. The first-order valence-corrected chi connectivity index (χ1v) is 1.70. The van der Waals surface area contributed by atoms with Crippen molar-refractivity contribution in [1.82, 2.24) is 0 Å². The van der Waals surface area contributed by atoms with Crippen molar-refractivity contribution in [2.45, 2.75) is 19.3 Å². The van der Waals surface area contributed by atoms with Crippen LogP contribution in [-0.4, -0.2) is 0 Å². The van der Waals surface area contributed by atoms with Crippen LogP contribution >= 0.6 is 0 Å². The fourth-order valence-corrected chi connectivity index (χ4v) is 0. The molecule has 1 fully saturated rings. The normalized spacial score (nSPS) is 14.8. The summed E-state index contributed by atoms with van der Waals surface area (Å²) in [5, 5.41) is 12.0. The van der Waals surface area contributed by atoms with E-state index < -0.39 is 0 Å². The van der Waals surface area contributed by atoms with Gasteiger partial charge in [-0.05, 0) is 0 Å². The van der Waals surface area contributed by atoms with Crippen LogP contribution in [-0.2, 0) is 0 Å². The van der Waals surface area contributed by atoms with E-state index in [1.807, 2.05) is 0 Å². The van der Waals surface area contributed by atoms with Gasteiger partial charge in [-0.15, -0.1) is 0 Å². The minimum absolute atomic E-state index is 1.50. The number of rotatable bonds is 0. The molecule has 2 heteroatoms. The molecule has 0 aromatic rings. The van der Waals surface area contributed by atoms with E-state index in [0.29, 0.717) is 0 Å². The Morgan fingerprint density at radius 1 is 0.800 bits per heavy atom. The molecule has 0 aliphatic heterocycles. The molecule has 1 aliphatic carbocycles. The van der Waals surface area contributed by atoms with Crippen molar-refractivity contribution >= 4 is 0 Å². The van der Waals surface area contributed by atoms with E-state index in [4.69, 9.17) is 10.8 Å². The van der Waals surface area contributed by atoms with E-state index in [-0.39, 0.29) is 0 Å². The van der Waals surface area contributed by atoms with Crippen LogP contribution in [0.3, 0.4) is 0 Å². The van der Waals surface area contributed by atoms with Gasteiger partial charge in [0, 0.05) is 10.8 Å². The van der Waals surface area contributed by atoms with Crippen LogP contribution in [0.4, 0.5) is 0 Å². The average molecular weight is 70.1 g/mol. The number of nitrogens with zero attached hydrogens (tertiary/aromatic N) is 2. The standard InChI is InChI=1S/C3H6.N2/c1-2-3-1;1-2/h1-3H2;. The molecule has 1 aliphatic rings. The molecule has 28 valence electrons. The summed E-state index contributed by atoms with van der Waals surface area (Å²) < 4.78 is 0. The van der Waals surface area contributed by atoms with Crippen molar-refractivity contribution in [3.63, 3.8) is 0 Å². The summed E-state index contributed by atoms with van der Waals surface area (Å²) in [5.41, 5.74) is 0. The Kier molecular flexibility index (Phi) is 3.02. The van der Waals surface area contributed by atoms with Gasteiger partial charge >= 0.3 is 0 Å². The molecule has 1 rings (SSSR count). The van der Waals surface area contributed by atoms with E-state index >= 15 is 0 Å². The summed E-state index contributed by atoms with van der Waals surface area (Å²) in [6.07, 6.45) is 4.50. The maximum Gasteiger partial charge on any atom is 0 e. The lowest BCUT2D eigenvalue weighted by Crippen LogP contribution is -0.856. The molecule has 0 aromatic carbocycles. The van der Waals surface area contributed by atoms with Crippen molar-refractivity contribution in [2.24, 2.45) is 0 Å². The summed E-state index contributed by atoms with van der Waals surface area (Å²) in [6.45, 7) is 0. The van der Waals surface area contributed by atoms with Gasteiger partial charge in [-0.1, -0.05) is 19.3 Å². The summed E-state index contributed by atoms with van der Waals surface area (Å²) in [5.74, 6) is 0. The van der Waals surface area contributed by atoms with Crippen molar-refractivity contribution < 1.29 is 0 Å². The monoisotopic (exact) mass is 70.1 g/mol. The zero-order chi connectivity index (χ0) is 4.12. The van der Waals surface area contributed by atoms with Gasteiger partial charge in [-0.25, -0.2) is 0 Å². The molecule has 0 spiro atoms. The van der Waals surface area contributed by atoms with Crippen molar-refractivity contribution in [1.29, 1.82) is 10.8 Å². The van der Waals surface area contributed by atoms with Crippen molar-refractivity contribution in [3.8, 4) is 0 Å². The van der Waals surface area contributed by atoms with Gasteiger partial charge in [-0.3, -0.25) is 0 Å². The van der Waals surface area contributed by atoms with E-state index in [2.05, 4.69) is 0 Å². The molecule has 2 nitrogen and oxygen atoms in total. The summed E-state index contributed by atoms with van der Waals surface area (Å²) in [6, 6.07) is 0. The SMILES string of the molecule is C1CC1.N#N. The first-order chi connectivity index (χ1) is 2.50. The zero-order valence-electron chi connectivity index (χ0n) is 3.02. The molecular formula is C3H6N2. The molecule has 0 atom stereocenters. The maximum atomic E-state index is 6.00. The number of hydrogen-bond donors (Lipinski definition) is 0. The predicted octanol–water partition coefficient (Wildman–Crippen LogP) is 1.20. The first kappa shape index (κ1) is 4.42.